The van der Waals surface area contributed by atoms with E-state index in [0.29, 0.717) is 17.3 Å². The average Bonchev–Trinajstić information content (AvgIpc) is 2.77. The SMILES string of the molecule is CC(C)c1cc(NC(=O)Cc2cccc(F)c2)n[nH]1. The number of halogens is 1. The van der Waals surface area contributed by atoms with E-state index in [9.17, 15) is 9.18 Å². The summed E-state index contributed by atoms with van der Waals surface area (Å²) >= 11 is 0. The summed E-state index contributed by atoms with van der Waals surface area (Å²) in [6.45, 7) is 4.07. The molecule has 5 heteroatoms. The van der Waals surface area contributed by atoms with Crippen molar-refractivity contribution in [3.8, 4) is 0 Å². The van der Waals surface area contributed by atoms with Gasteiger partial charge in [-0.05, 0) is 23.6 Å². The average molecular weight is 261 g/mol. The lowest BCUT2D eigenvalue weighted by molar-refractivity contribution is -0.115. The third-order valence-electron chi connectivity index (χ3n) is 2.74. The number of carbonyl (C=O) groups excluding carboxylic acids is 1. The van der Waals surface area contributed by atoms with E-state index in [1.165, 1.54) is 12.1 Å². The largest absolute Gasteiger partial charge is 0.309 e. The number of carbonyl (C=O) groups is 1. The Labute approximate surface area is 111 Å². The molecule has 0 fully saturated rings. The molecule has 1 aromatic carbocycles. The number of H-pyrrole nitrogens is 1. The minimum Gasteiger partial charge on any atom is -0.309 e. The Balaban J connectivity index is 1.97. The van der Waals surface area contributed by atoms with Crippen LogP contribution in [0.25, 0.3) is 0 Å². The normalized spacial score (nSPS) is 10.7. The van der Waals surface area contributed by atoms with Crippen molar-refractivity contribution in [3.05, 3.63) is 47.4 Å². The van der Waals surface area contributed by atoms with Crippen molar-refractivity contribution in [2.75, 3.05) is 5.32 Å². The van der Waals surface area contributed by atoms with E-state index < -0.39 is 0 Å². The van der Waals surface area contributed by atoms with Crippen LogP contribution in [0.15, 0.2) is 30.3 Å². The van der Waals surface area contributed by atoms with Crippen molar-refractivity contribution >= 4 is 11.7 Å². The van der Waals surface area contributed by atoms with Gasteiger partial charge in [0.15, 0.2) is 5.82 Å². The molecule has 0 aliphatic rings. The number of aromatic amines is 1. The molecule has 1 aromatic heterocycles. The number of hydrogen-bond acceptors (Lipinski definition) is 2. The van der Waals surface area contributed by atoms with Gasteiger partial charge < -0.3 is 5.32 Å². The second-order valence-corrected chi connectivity index (χ2v) is 4.72. The van der Waals surface area contributed by atoms with Crippen LogP contribution in [0.4, 0.5) is 10.2 Å². The van der Waals surface area contributed by atoms with Crippen molar-refractivity contribution < 1.29 is 9.18 Å². The minimum atomic E-state index is -0.341. The summed E-state index contributed by atoms with van der Waals surface area (Å²) in [4.78, 5) is 11.8. The van der Waals surface area contributed by atoms with E-state index >= 15 is 0 Å². The van der Waals surface area contributed by atoms with Gasteiger partial charge >= 0.3 is 0 Å². The van der Waals surface area contributed by atoms with E-state index in [4.69, 9.17) is 0 Å². The van der Waals surface area contributed by atoms with Crippen molar-refractivity contribution in [2.24, 2.45) is 0 Å². The summed E-state index contributed by atoms with van der Waals surface area (Å²) in [7, 11) is 0. The Morgan fingerprint density at radius 2 is 2.21 bits per heavy atom. The van der Waals surface area contributed by atoms with Crippen molar-refractivity contribution in [2.45, 2.75) is 26.2 Å². The van der Waals surface area contributed by atoms with Gasteiger partial charge in [-0.1, -0.05) is 26.0 Å². The van der Waals surface area contributed by atoms with Crippen molar-refractivity contribution in [1.82, 2.24) is 10.2 Å². The summed E-state index contributed by atoms with van der Waals surface area (Å²) < 4.78 is 13.0. The van der Waals surface area contributed by atoms with Crippen molar-refractivity contribution in [1.29, 1.82) is 0 Å². The number of rotatable bonds is 4. The molecule has 0 unspecified atom stereocenters. The molecular formula is C14H16FN3O. The first-order valence-corrected chi connectivity index (χ1v) is 6.14. The monoisotopic (exact) mass is 261 g/mol. The summed E-state index contributed by atoms with van der Waals surface area (Å²) in [6, 6.07) is 7.80. The molecule has 2 rings (SSSR count). The summed E-state index contributed by atoms with van der Waals surface area (Å²) in [5.74, 6) is 0.256. The number of aromatic nitrogens is 2. The lowest BCUT2D eigenvalue weighted by Crippen LogP contribution is -2.14. The molecule has 1 amide bonds. The van der Waals surface area contributed by atoms with Gasteiger partial charge in [-0.25, -0.2) is 4.39 Å². The van der Waals surface area contributed by atoms with E-state index in [1.807, 2.05) is 13.8 Å². The summed E-state index contributed by atoms with van der Waals surface area (Å²) in [5.41, 5.74) is 1.60. The highest BCUT2D eigenvalue weighted by molar-refractivity contribution is 5.91. The standard InChI is InChI=1S/C14H16FN3O/c1-9(2)12-8-13(18-17-12)16-14(19)7-10-4-3-5-11(15)6-10/h3-6,8-9H,7H2,1-2H3,(H2,16,17,18,19). The maximum absolute atomic E-state index is 13.0. The third kappa shape index (κ3) is 3.64. The molecule has 0 saturated heterocycles. The molecule has 2 aromatic rings. The smallest absolute Gasteiger partial charge is 0.229 e. The first-order chi connectivity index (χ1) is 9.04. The van der Waals surface area contributed by atoms with E-state index in [1.54, 1.807) is 18.2 Å². The number of benzene rings is 1. The van der Waals surface area contributed by atoms with Gasteiger partial charge in [0.25, 0.3) is 0 Å². The highest BCUT2D eigenvalue weighted by Gasteiger charge is 2.09. The number of nitrogens with one attached hydrogen (secondary N) is 2. The van der Waals surface area contributed by atoms with Crippen LogP contribution in [0.2, 0.25) is 0 Å². The second-order valence-electron chi connectivity index (χ2n) is 4.72. The van der Waals surface area contributed by atoms with Crippen LogP contribution < -0.4 is 5.32 Å². The lowest BCUT2D eigenvalue weighted by Gasteiger charge is -2.02. The molecule has 0 atom stereocenters. The zero-order chi connectivity index (χ0) is 13.8. The highest BCUT2D eigenvalue weighted by atomic mass is 19.1. The van der Waals surface area contributed by atoms with Gasteiger partial charge in [0.2, 0.25) is 5.91 Å². The predicted molar refractivity (Wildman–Crippen MR) is 71.4 cm³/mol. The molecule has 0 spiro atoms. The maximum Gasteiger partial charge on any atom is 0.229 e. The van der Waals surface area contributed by atoms with Gasteiger partial charge in [0.1, 0.15) is 5.82 Å². The van der Waals surface area contributed by atoms with E-state index in [0.717, 1.165) is 5.69 Å². The first-order valence-electron chi connectivity index (χ1n) is 6.14. The third-order valence-corrected chi connectivity index (χ3v) is 2.74. The Bertz CT molecular complexity index is 578. The fourth-order valence-corrected chi connectivity index (χ4v) is 1.72. The second kappa shape index (κ2) is 5.65. The zero-order valence-electron chi connectivity index (χ0n) is 10.9. The Morgan fingerprint density at radius 1 is 1.42 bits per heavy atom. The molecule has 0 aliphatic carbocycles. The van der Waals surface area contributed by atoms with Crippen LogP contribution in [0.1, 0.15) is 31.0 Å². The van der Waals surface area contributed by atoms with Gasteiger partial charge in [0.05, 0.1) is 6.42 Å². The fraction of sp³-hybridized carbons (Fsp3) is 0.286. The van der Waals surface area contributed by atoms with Crippen LogP contribution in [0.5, 0.6) is 0 Å². The molecule has 0 bridgehead atoms. The highest BCUT2D eigenvalue weighted by Crippen LogP contribution is 2.15. The molecule has 0 saturated carbocycles. The topological polar surface area (TPSA) is 57.8 Å². The number of hydrogen-bond donors (Lipinski definition) is 2. The van der Waals surface area contributed by atoms with Crippen molar-refractivity contribution in [3.63, 3.8) is 0 Å². The Morgan fingerprint density at radius 3 is 2.84 bits per heavy atom. The van der Waals surface area contributed by atoms with Crippen LogP contribution in [0, 0.1) is 5.82 Å². The zero-order valence-corrected chi connectivity index (χ0v) is 10.9. The molecule has 1 heterocycles. The van der Waals surface area contributed by atoms with Crippen LogP contribution in [-0.2, 0) is 11.2 Å². The number of amides is 1. The van der Waals surface area contributed by atoms with Gasteiger partial charge in [-0.15, -0.1) is 0 Å². The lowest BCUT2D eigenvalue weighted by atomic mass is 10.1. The number of nitrogens with zero attached hydrogens (tertiary/aromatic N) is 1. The van der Waals surface area contributed by atoms with E-state index in [2.05, 4.69) is 15.5 Å². The van der Waals surface area contributed by atoms with Crippen LogP contribution in [-0.4, -0.2) is 16.1 Å². The molecule has 0 aliphatic heterocycles. The molecule has 19 heavy (non-hydrogen) atoms. The molecular weight excluding hydrogens is 245 g/mol. The van der Waals surface area contributed by atoms with Gasteiger partial charge in [-0.3, -0.25) is 9.89 Å². The number of anilines is 1. The Hall–Kier alpha value is -2.17. The maximum atomic E-state index is 13.0. The molecule has 0 radical (unpaired) electrons. The summed E-state index contributed by atoms with van der Waals surface area (Å²) in [6.07, 6.45) is 0.127. The first kappa shape index (κ1) is 13.3. The van der Waals surface area contributed by atoms with Gasteiger partial charge in [-0.2, -0.15) is 5.10 Å². The molecule has 2 N–H and O–H groups in total. The van der Waals surface area contributed by atoms with Gasteiger partial charge in [0, 0.05) is 11.8 Å². The Kier molecular flexibility index (Phi) is 3.94. The summed E-state index contributed by atoms with van der Waals surface area (Å²) in [5, 5.41) is 9.55. The molecule has 4 nitrogen and oxygen atoms in total. The van der Waals surface area contributed by atoms with Crippen LogP contribution in [0.3, 0.4) is 0 Å². The predicted octanol–water partition coefficient (Wildman–Crippen LogP) is 2.85. The van der Waals surface area contributed by atoms with Crippen LogP contribution >= 0.6 is 0 Å². The van der Waals surface area contributed by atoms with E-state index in [-0.39, 0.29) is 18.1 Å². The minimum absolute atomic E-state index is 0.127. The quantitative estimate of drug-likeness (QED) is 0.889. The molecule has 100 valence electrons. The fourth-order valence-electron chi connectivity index (χ4n) is 1.72.